The number of ether oxygens (including phenoxy) is 1. The van der Waals surface area contributed by atoms with Crippen LogP contribution in [0, 0.1) is 0 Å². The van der Waals surface area contributed by atoms with Gasteiger partial charge in [0.2, 0.25) is 5.78 Å². The lowest BCUT2D eigenvalue weighted by molar-refractivity contribution is -0.144. The van der Waals surface area contributed by atoms with Crippen molar-refractivity contribution in [2.75, 3.05) is 7.11 Å². The summed E-state index contributed by atoms with van der Waals surface area (Å²) in [5, 5.41) is 2.27. The zero-order chi connectivity index (χ0) is 12.8. The highest BCUT2D eigenvalue weighted by molar-refractivity contribution is 6.43. The van der Waals surface area contributed by atoms with Crippen LogP contribution in [0.2, 0.25) is 0 Å². The zero-order valence-electron chi connectivity index (χ0n) is 9.60. The van der Waals surface area contributed by atoms with Gasteiger partial charge in [-0.15, -0.1) is 0 Å². The van der Waals surface area contributed by atoms with E-state index in [9.17, 15) is 14.4 Å². The first-order chi connectivity index (χ1) is 8.06. The molecule has 0 heterocycles. The number of ketones is 1. The molecule has 1 rings (SSSR count). The van der Waals surface area contributed by atoms with E-state index >= 15 is 0 Å². The highest BCUT2D eigenvalue weighted by Crippen LogP contribution is 2.00. The van der Waals surface area contributed by atoms with Gasteiger partial charge < -0.3 is 10.1 Å². The van der Waals surface area contributed by atoms with Crippen molar-refractivity contribution in [2.45, 2.75) is 13.0 Å². The molecule has 0 spiro atoms. The van der Waals surface area contributed by atoms with Gasteiger partial charge in [-0.2, -0.15) is 0 Å². The molecular weight excluding hydrogens is 222 g/mol. The molecular formula is C12H13NO4. The van der Waals surface area contributed by atoms with Crippen molar-refractivity contribution in [1.29, 1.82) is 0 Å². The van der Waals surface area contributed by atoms with Crippen LogP contribution in [0.15, 0.2) is 30.3 Å². The fourth-order valence-corrected chi connectivity index (χ4v) is 1.22. The van der Waals surface area contributed by atoms with Crippen LogP contribution < -0.4 is 5.32 Å². The van der Waals surface area contributed by atoms with Crippen molar-refractivity contribution < 1.29 is 19.1 Å². The Balaban J connectivity index is 2.66. The first-order valence-electron chi connectivity index (χ1n) is 5.04. The van der Waals surface area contributed by atoms with Gasteiger partial charge in [-0.25, -0.2) is 4.79 Å². The predicted molar refractivity (Wildman–Crippen MR) is 60.4 cm³/mol. The van der Waals surface area contributed by atoms with E-state index < -0.39 is 23.7 Å². The predicted octanol–water partition coefficient (Wildman–Crippen LogP) is 0.547. The molecule has 0 saturated carbocycles. The van der Waals surface area contributed by atoms with E-state index in [0.717, 1.165) is 0 Å². The maximum absolute atomic E-state index is 11.6. The summed E-state index contributed by atoms with van der Waals surface area (Å²) in [6, 6.07) is 7.27. The molecule has 0 aliphatic carbocycles. The normalized spacial score (nSPS) is 11.4. The van der Waals surface area contributed by atoms with Gasteiger partial charge in [0.25, 0.3) is 5.91 Å². The average molecular weight is 235 g/mol. The third kappa shape index (κ3) is 3.41. The lowest BCUT2D eigenvalue weighted by atomic mass is 10.1. The van der Waals surface area contributed by atoms with Crippen molar-refractivity contribution in [3.05, 3.63) is 35.9 Å². The number of benzene rings is 1. The molecule has 1 amide bonds. The molecule has 0 fully saturated rings. The molecule has 1 N–H and O–H groups in total. The van der Waals surface area contributed by atoms with Crippen LogP contribution in [-0.2, 0) is 14.3 Å². The lowest BCUT2D eigenvalue weighted by Crippen LogP contribution is -2.42. The standard InChI is InChI=1S/C12H13NO4/c1-8(12(16)17-2)13-11(15)10(14)9-6-4-3-5-7-9/h3-8H,1-2H3,(H,13,15)/t8-/m0/s1. The van der Waals surface area contributed by atoms with Gasteiger partial charge in [-0.1, -0.05) is 30.3 Å². The number of carbonyl (C=O) groups is 3. The molecule has 17 heavy (non-hydrogen) atoms. The quantitative estimate of drug-likeness (QED) is 0.470. The summed E-state index contributed by atoms with van der Waals surface area (Å²) in [5.41, 5.74) is 0.280. The molecule has 90 valence electrons. The van der Waals surface area contributed by atoms with E-state index in [1.807, 2.05) is 0 Å². The van der Waals surface area contributed by atoms with Crippen molar-refractivity contribution in [1.82, 2.24) is 5.32 Å². The Hall–Kier alpha value is -2.17. The lowest BCUT2D eigenvalue weighted by Gasteiger charge is -2.10. The number of carbonyl (C=O) groups excluding carboxylic acids is 3. The van der Waals surface area contributed by atoms with Gasteiger partial charge in [0.1, 0.15) is 6.04 Å². The number of methoxy groups -OCH3 is 1. The molecule has 5 heteroatoms. The number of Topliss-reactive ketones (excluding diaryl/α,β-unsaturated/α-hetero) is 1. The van der Waals surface area contributed by atoms with E-state index in [1.165, 1.54) is 26.2 Å². The van der Waals surface area contributed by atoms with Crippen LogP contribution >= 0.6 is 0 Å². The Morgan fingerprint density at radius 2 is 1.76 bits per heavy atom. The topological polar surface area (TPSA) is 72.5 Å². The fourth-order valence-electron chi connectivity index (χ4n) is 1.22. The Morgan fingerprint density at radius 3 is 2.29 bits per heavy atom. The first-order valence-corrected chi connectivity index (χ1v) is 5.04. The van der Waals surface area contributed by atoms with Crippen molar-refractivity contribution in [3.8, 4) is 0 Å². The summed E-state index contributed by atoms with van der Waals surface area (Å²) in [4.78, 5) is 34.2. The molecule has 1 atom stereocenters. The molecule has 5 nitrogen and oxygen atoms in total. The van der Waals surface area contributed by atoms with Crippen molar-refractivity contribution in [2.24, 2.45) is 0 Å². The van der Waals surface area contributed by atoms with Crippen molar-refractivity contribution >= 4 is 17.7 Å². The molecule has 0 saturated heterocycles. The maximum Gasteiger partial charge on any atom is 0.328 e. The van der Waals surface area contributed by atoms with E-state index in [2.05, 4.69) is 10.1 Å². The van der Waals surface area contributed by atoms with E-state index in [-0.39, 0.29) is 5.56 Å². The zero-order valence-corrected chi connectivity index (χ0v) is 9.60. The van der Waals surface area contributed by atoms with E-state index in [4.69, 9.17) is 0 Å². The summed E-state index contributed by atoms with van der Waals surface area (Å²) in [6.07, 6.45) is 0. The maximum atomic E-state index is 11.6. The van der Waals surface area contributed by atoms with Gasteiger partial charge in [0, 0.05) is 5.56 Å². The van der Waals surface area contributed by atoms with Crippen molar-refractivity contribution in [3.63, 3.8) is 0 Å². The molecule has 0 aliphatic rings. The molecule has 0 bridgehead atoms. The van der Waals surface area contributed by atoms with E-state index in [0.29, 0.717) is 0 Å². The summed E-state index contributed by atoms with van der Waals surface area (Å²) < 4.78 is 4.43. The number of esters is 1. The summed E-state index contributed by atoms with van der Waals surface area (Å²) in [5.74, 6) is -2.10. The Kier molecular flexibility index (Phi) is 4.39. The molecule has 0 unspecified atom stereocenters. The molecule has 0 aromatic heterocycles. The Labute approximate surface area is 98.8 Å². The van der Waals surface area contributed by atoms with Gasteiger partial charge >= 0.3 is 5.97 Å². The fraction of sp³-hybridized carbons (Fsp3) is 0.250. The van der Waals surface area contributed by atoms with Crippen LogP contribution in [0.1, 0.15) is 17.3 Å². The van der Waals surface area contributed by atoms with Gasteiger partial charge in [0.05, 0.1) is 7.11 Å². The number of hydrogen-bond acceptors (Lipinski definition) is 4. The smallest absolute Gasteiger partial charge is 0.328 e. The van der Waals surface area contributed by atoms with Crippen LogP contribution in [0.5, 0.6) is 0 Å². The largest absolute Gasteiger partial charge is 0.467 e. The SMILES string of the molecule is COC(=O)[C@H](C)NC(=O)C(=O)c1ccccc1. The Morgan fingerprint density at radius 1 is 1.18 bits per heavy atom. The Bertz CT molecular complexity index is 427. The first kappa shape index (κ1) is 12.9. The van der Waals surface area contributed by atoms with Crippen LogP contribution in [0.4, 0.5) is 0 Å². The molecule has 1 aromatic carbocycles. The monoisotopic (exact) mass is 235 g/mol. The summed E-state index contributed by atoms with van der Waals surface area (Å²) in [7, 11) is 1.21. The van der Waals surface area contributed by atoms with Gasteiger partial charge in [-0.05, 0) is 6.92 Å². The number of hydrogen-bond donors (Lipinski definition) is 1. The number of rotatable bonds is 4. The third-order valence-corrected chi connectivity index (χ3v) is 2.14. The van der Waals surface area contributed by atoms with Crippen LogP contribution in [0.3, 0.4) is 0 Å². The second kappa shape index (κ2) is 5.79. The van der Waals surface area contributed by atoms with Gasteiger partial charge in [-0.3, -0.25) is 9.59 Å². The van der Waals surface area contributed by atoms with Crippen LogP contribution in [0.25, 0.3) is 0 Å². The minimum absolute atomic E-state index is 0.280. The minimum Gasteiger partial charge on any atom is -0.467 e. The summed E-state index contributed by atoms with van der Waals surface area (Å²) >= 11 is 0. The third-order valence-electron chi connectivity index (χ3n) is 2.14. The van der Waals surface area contributed by atoms with Gasteiger partial charge in [0.15, 0.2) is 0 Å². The van der Waals surface area contributed by atoms with E-state index in [1.54, 1.807) is 18.2 Å². The highest BCUT2D eigenvalue weighted by atomic mass is 16.5. The van der Waals surface area contributed by atoms with Crippen LogP contribution in [-0.4, -0.2) is 30.8 Å². The molecule has 1 aromatic rings. The number of amides is 1. The second-order valence-corrected chi connectivity index (χ2v) is 3.41. The number of nitrogens with one attached hydrogen (secondary N) is 1. The summed E-state index contributed by atoms with van der Waals surface area (Å²) in [6.45, 7) is 1.45. The average Bonchev–Trinajstić information content (AvgIpc) is 2.37. The second-order valence-electron chi connectivity index (χ2n) is 3.41. The molecule has 0 aliphatic heterocycles. The minimum atomic E-state index is -0.847. The highest BCUT2D eigenvalue weighted by Gasteiger charge is 2.21. The molecule has 0 radical (unpaired) electrons.